The molecule has 2 amide bonds. The molecule has 0 aliphatic carbocycles. The molecule has 1 aromatic heterocycles. The highest BCUT2D eigenvalue weighted by molar-refractivity contribution is 6.42. The van der Waals surface area contributed by atoms with Crippen LogP contribution in [0.3, 0.4) is 0 Å². The van der Waals surface area contributed by atoms with Crippen LogP contribution in [-0.4, -0.2) is 29.7 Å². The average molecular weight is 482 g/mol. The zero-order valence-corrected chi connectivity index (χ0v) is 18.8. The second-order valence-corrected chi connectivity index (χ2v) is 7.98. The Kier molecular flexibility index (Phi) is 6.44. The second-order valence-electron chi connectivity index (χ2n) is 7.17. The van der Waals surface area contributed by atoms with Crippen molar-refractivity contribution in [2.75, 3.05) is 12.4 Å². The van der Waals surface area contributed by atoms with Gasteiger partial charge in [-0.15, -0.1) is 0 Å². The molecule has 0 unspecified atom stereocenters. The first-order valence-electron chi connectivity index (χ1n) is 9.79. The third kappa shape index (κ3) is 4.89. The topological polar surface area (TPSA) is 97.4 Å². The minimum atomic E-state index is -0.539. The summed E-state index contributed by atoms with van der Waals surface area (Å²) in [6.45, 7) is 0.250. The van der Waals surface area contributed by atoms with Gasteiger partial charge >= 0.3 is 0 Å². The lowest BCUT2D eigenvalue weighted by Crippen LogP contribution is -2.28. The summed E-state index contributed by atoms with van der Waals surface area (Å²) in [6, 6.07) is 12.8. The molecule has 2 aromatic carbocycles. The van der Waals surface area contributed by atoms with Crippen LogP contribution in [-0.2, 0) is 11.3 Å². The smallest absolute Gasteiger partial charge is 0.259 e. The van der Waals surface area contributed by atoms with Crippen molar-refractivity contribution in [2.45, 2.75) is 6.54 Å². The Bertz CT molecular complexity index is 1300. The van der Waals surface area contributed by atoms with E-state index in [1.54, 1.807) is 42.6 Å². The molecule has 7 nitrogen and oxygen atoms in total. The number of benzene rings is 2. The molecular formula is C24H17Cl2N3O4. The zero-order valence-electron chi connectivity index (χ0n) is 17.3. The van der Waals surface area contributed by atoms with Crippen molar-refractivity contribution in [3.63, 3.8) is 0 Å². The Hall–Kier alpha value is -3.68. The van der Waals surface area contributed by atoms with Crippen molar-refractivity contribution in [1.82, 2.24) is 10.3 Å². The first-order chi connectivity index (χ1) is 15.9. The fourth-order valence-corrected chi connectivity index (χ4v) is 3.55. The molecule has 3 aromatic rings. The summed E-state index contributed by atoms with van der Waals surface area (Å²) >= 11 is 12.0. The van der Waals surface area contributed by atoms with Crippen LogP contribution in [0.4, 0.5) is 5.69 Å². The van der Waals surface area contributed by atoms with Gasteiger partial charge in [0.1, 0.15) is 0 Å². The number of ketones is 1. The average Bonchev–Trinajstić information content (AvgIpc) is 2.82. The number of carbonyl (C=O) groups is 3. The van der Waals surface area contributed by atoms with Gasteiger partial charge in [-0.1, -0.05) is 35.3 Å². The van der Waals surface area contributed by atoms with Gasteiger partial charge in [0, 0.05) is 29.9 Å². The van der Waals surface area contributed by atoms with Crippen LogP contribution in [0.2, 0.25) is 10.0 Å². The predicted molar refractivity (Wildman–Crippen MR) is 126 cm³/mol. The van der Waals surface area contributed by atoms with E-state index in [2.05, 4.69) is 15.6 Å². The quantitative estimate of drug-likeness (QED) is 0.411. The lowest BCUT2D eigenvalue weighted by atomic mass is 9.93. The molecule has 0 atom stereocenters. The van der Waals surface area contributed by atoms with Crippen molar-refractivity contribution in [3.8, 4) is 5.88 Å². The number of hydrogen-bond donors (Lipinski definition) is 2. The van der Waals surface area contributed by atoms with Crippen LogP contribution in [0, 0.1) is 0 Å². The first-order valence-corrected chi connectivity index (χ1v) is 10.6. The Morgan fingerprint density at radius 2 is 1.91 bits per heavy atom. The number of nitrogens with zero attached hydrogens (tertiary/aromatic N) is 1. The van der Waals surface area contributed by atoms with Crippen LogP contribution in [0.25, 0.3) is 6.08 Å². The third-order valence-corrected chi connectivity index (χ3v) is 5.72. The first kappa shape index (κ1) is 22.5. The summed E-state index contributed by atoms with van der Waals surface area (Å²) < 4.78 is 5.01. The highest BCUT2D eigenvalue weighted by atomic mass is 35.5. The summed E-state index contributed by atoms with van der Waals surface area (Å²) in [5, 5.41) is 6.14. The SMILES string of the molecule is COc1ccc(CNC(=O)c2ccc3c(c2)C(=O)C(=Cc2ccc(Cl)c(Cl)c2)C(=O)N3)cn1. The maximum Gasteiger partial charge on any atom is 0.259 e. The fraction of sp³-hybridized carbons (Fsp3) is 0.0833. The normalized spacial score (nSPS) is 14.0. The molecule has 1 aliphatic rings. The number of ether oxygens (including phenoxy) is 1. The van der Waals surface area contributed by atoms with E-state index in [4.69, 9.17) is 27.9 Å². The predicted octanol–water partition coefficient (Wildman–Crippen LogP) is 4.55. The maximum atomic E-state index is 13.1. The number of pyridine rings is 1. The number of aromatic nitrogens is 1. The lowest BCUT2D eigenvalue weighted by Gasteiger charge is -2.19. The van der Waals surface area contributed by atoms with Crippen molar-refractivity contribution in [1.29, 1.82) is 0 Å². The molecule has 1 aliphatic heterocycles. The molecule has 0 radical (unpaired) electrons. The van der Waals surface area contributed by atoms with E-state index in [1.165, 1.54) is 25.3 Å². The van der Waals surface area contributed by atoms with Crippen molar-refractivity contribution >= 4 is 52.6 Å². The molecule has 0 fully saturated rings. The molecule has 9 heteroatoms. The van der Waals surface area contributed by atoms with Crippen LogP contribution in [0.1, 0.15) is 31.8 Å². The number of rotatable bonds is 5. The standard InChI is InChI=1S/C24H17Cl2N3O4/c1-33-21-7-3-14(11-27-21)12-28-23(31)15-4-6-20-16(10-15)22(30)17(24(32)29-20)8-13-2-5-18(25)19(26)9-13/h2-11H,12H2,1H3,(H,28,31)(H,29,32). The van der Waals surface area contributed by atoms with Gasteiger partial charge < -0.3 is 15.4 Å². The monoisotopic (exact) mass is 481 g/mol. The number of amides is 2. The Morgan fingerprint density at radius 3 is 2.61 bits per heavy atom. The van der Waals surface area contributed by atoms with E-state index in [9.17, 15) is 14.4 Å². The van der Waals surface area contributed by atoms with E-state index in [-0.39, 0.29) is 29.2 Å². The van der Waals surface area contributed by atoms with Crippen molar-refractivity contribution in [2.24, 2.45) is 0 Å². The summed E-state index contributed by atoms with van der Waals surface area (Å²) in [4.78, 5) is 42.3. The summed E-state index contributed by atoms with van der Waals surface area (Å²) in [5.74, 6) is -0.921. The van der Waals surface area contributed by atoms with E-state index < -0.39 is 11.7 Å². The second kappa shape index (κ2) is 9.44. The van der Waals surface area contributed by atoms with Crippen molar-refractivity contribution in [3.05, 3.63) is 92.6 Å². The highest BCUT2D eigenvalue weighted by Gasteiger charge is 2.29. The molecular weight excluding hydrogens is 465 g/mol. The summed E-state index contributed by atoms with van der Waals surface area (Å²) in [7, 11) is 1.52. The van der Waals surface area contributed by atoms with Gasteiger partial charge in [-0.2, -0.15) is 0 Å². The molecule has 2 N–H and O–H groups in total. The molecule has 2 heterocycles. The van der Waals surface area contributed by atoms with E-state index in [0.29, 0.717) is 27.2 Å². The minimum Gasteiger partial charge on any atom is -0.481 e. The molecule has 0 spiro atoms. The molecule has 166 valence electrons. The zero-order chi connectivity index (χ0) is 23.5. The number of halogens is 2. The Balaban J connectivity index is 1.55. The molecule has 0 bridgehead atoms. The Labute approximate surface area is 199 Å². The molecule has 4 rings (SSSR count). The largest absolute Gasteiger partial charge is 0.481 e. The number of hydrogen-bond acceptors (Lipinski definition) is 5. The number of nitrogens with one attached hydrogen (secondary N) is 2. The summed E-state index contributed by atoms with van der Waals surface area (Å²) in [5.41, 5.74) is 2.12. The summed E-state index contributed by atoms with van der Waals surface area (Å²) in [6.07, 6.45) is 3.04. The van der Waals surface area contributed by atoms with E-state index >= 15 is 0 Å². The van der Waals surface area contributed by atoms with Crippen LogP contribution in [0.5, 0.6) is 5.88 Å². The van der Waals surface area contributed by atoms with Gasteiger partial charge in [0.15, 0.2) is 0 Å². The Morgan fingerprint density at radius 1 is 1.09 bits per heavy atom. The lowest BCUT2D eigenvalue weighted by molar-refractivity contribution is -0.112. The van der Waals surface area contributed by atoms with Crippen LogP contribution in [0.15, 0.2) is 60.3 Å². The third-order valence-electron chi connectivity index (χ3n) is 4.98. The molecule has 33 heavy (non-hydrogen) atoms. The number of carbonyl (C=O) groups excluding carboxylic acids is 3. The van der Waals surface area contributed by atoms with E-state index in [1.807, 2.05) is 0 Å². The van der Waals surface area contributed by atoms with Crippen molar-refractivity contribution < 1.29 is 19.1 Å². The number of methoxy groups -OCH3 is 1. The van der Waals surface area contributed by atoms with Crippen LogP contribution >= 0.6 is 23.2 Å². The van der Waals surface area contributed by atoms with Gasteiger partial charge in [-0.05, 0) is 47.5 Å². The van der Waals surface area contributed by atoms with Gasteiger partial charge in [0.05, 0.1) is 28.4 Å². The van der Waals surface area contributed by atoms with E-state index in [0.717, 1.165) is 5.56 Å². The number of fused-ring (bicyclic) bond motifs is 1. The van der Waals surface area contributed by atoms with Gasteiger partial charge in [-0.3, -0.25) is 14.4 Å². The van der Waals surface area contributed by atoms with Gasteiger partial charge in [0.2, 0.25) is 11.7 Å². The minimum absolute atomic E-state index is 0.0669. The van der Waals surface area contributed by atoms with Crippen LogP contribution < -0.4 is 15.4 Å². The molecule has 0 saturated heterocycles. The number of Topliss-reactive ketones (excluding diaryl/α,β-unsaturated/α-hetero) is 1. The number of anilines is 1. The van der Waals surface area contributed by atoms with Gasteiger partial charge in [-0.25, -0.2) is 4.98 Å². The maximum absolute atomic E-state index is 13.1. The van der Waals surface area contributed by atoms with Gasteiger partial charge in [0.25, 0.3) is 11.8 Å². The fourth-order valence-electron chi connectivity index (χ4n) is 3.24. The molecule has 0 saturated carbocycles. The highest BCUT2D eigenvalue weighted by Crippen LogP contribution is 2.29.